The first-order valence-corrected chi connectivity index (χ1v) is 9.98. The number of rotatable bonds is 5. The standard InChI is InChI=1S/C22H26N4O3/c1-24-18-7-5-11-23-21(18)26(22(24)28)15-16-9-12-25(13-10-16)20(27)14-17-6-3-4-8-19(17)29-2/h3-8,11,16H,9-10,12-15H2,1-2H3. The summed E-state index contributed by atoms with van der Waals surface area (Å²) in [5, 5.41) is 0. The van der Waals surface area contributed by atoms with Gasteiger partial charge in [-0.05, 0) is 37.0 Å². The number of fused-ring (bicyclic) bond motifs is 1. The summed E-state index contributed by atoms with van der Waals surface area (Å²) in [4.78, 5) is 31.7. The molecule has 152 valence electrons. The number of hydrogen-bond donors (Lipinski definition) is 0. The van der Waals surface area contributed by atoms with Gasteiger partial charge in [0.2, 0.25) is 5.91 Å². The molecule has 0 saturated carbocycles. The number of amides is 1. The molecule has 1 amide bonds. The third-order valence-electron chi connectivity index (χ3n) is 5.84. The largest absolute Gasteiger partial charge is 0.496 e. The number of benzene rings is 1. The minimum Gasteiger partial charge on any atom is -0.496 e. The summed E-state index contributed by atoms with van der Waals surface area (Å²) in [5.74, 6) is 1.23. The number of pyridine rings is 1. The molecule has 1 fully saturated rings. The molecule has 7 heteroatoms. The molecule has 1 aromatic carbocycles. The molecule has 4 rings (SSSR count). The van der Waals surface area contributed by atoms with E-state index in [1.54, 1.807) is 29.5 Å². The molecule has 0 spiro atoms. The highest BCUT2D eigenvalue weighted by atomic mass is 16.5. The van der Waals surface area contributed by atoms with Gasteiger partial charge in [0.25, 0.3) is 0 Å². The van der Waals surface area contributed by atoms with Crippen LogP contribution in [0.15, 0.2) is 47.4 Å². The number of para-hydroxylation sites is 1. The Labute approximate surface area is 169 Å². The number of likely N-dealkylation sites (tertiary alicyclic amines) is 1. The lowest BCUT2D eigenvalue weighted by Gasteiger charge is -2.32. The third-order valence-corrected chi connectivity index (χ3v) is 5.84. The fourth-order valence-corrected chi connectivity index (χ4v) is 4.14. The first-order chi connectivity index (χ1) is 14.1. The van der Waals surface area contributed by atoms with Crippen molar-refractivity contribution >= 4 is 17.1 Å². The second-order valence-electron chi connectivity index (χ2n) is 7.61. The molecule has 0 unspecified atom stereocenters. The molecule has 3 heterocycles. The molecule has 1 aliphatic heterocycles. The van der Waals surface area contributed by atoms with Crippen LogP contribution < -0.4 is 10.4 Å². The number of methoxy groups -OCH3 is 1. The topological polar surface area (TPSA) is 69.4 Å². The van der Waals surface area contributed by atoms with Gasteiger partial charge >= 0.3 is 5.69 Å². The van der Waals surface area contributed by atoms with Gasteiger partial charge < -0.3 is 9.64 Å². The number of ether oxygens (including phenoxy) is 1. The maximum Gasteiger partial charge on any atom is 0.330 e. The lowest BCUT2D eigenvalue weighted by Crippen LogP contribution is -2.40. The van der Waals surface area contributed by atoms with Crippen LogP contribution in [0, 0.1) is 5.92 Å². The van der Waals surface area contributed by atoms with Gasteiger partial charge in [-0.3, -0.25) is 13.9 Å². The number of carbonyl (C=O) groups excluding carboxylic acids is 1. The van der Waals surface area contributed by atoms with E-state index in [0.717, 1.165) is 35.3 Å². The summed E-state index contributed by atoms with van der Waals surface area (Å²) >= 11 is 0. The second-order valence-corrected chi connectivity index (χ2v) is 7.61. The minimum absolute atomic E-state index is 0.0339. The molecule has 0 atom stereocenters. The Morgan fingerprint density at radius 3 is 2.69 bits per heavy atom. The Morgan fingerprint density at radius 1 is 1.17 bits per heavy atom. The number of aryl methyl sites for hydroxylation is 1. The van der Waals surface area contributed by atoms with Gasteiger partial charge in [-0.2, -0.15) is 0 Å². The highest BCUT2D eigenvalue weighted by molar-refractivity contribution is 5.79. The number of hydrogen-bond acceptors (Lipinski definition) is 4. The molecule has 0 radical (unpaired) electrons. The van der Waals surface area contributed by atoms with Crippen molar-refractivity contribution in [3.63, 3.8) is 0 Å². The highest BCUT2D eigenvalue weighted by Crippen LogP contribution is 2.23. The summed E-state index contributed by atoms with van der Waals surface area (Å²) in [7, 11) is 3.40. The molecule has 7 nitrogen and oxygen atoms in total. The van der Waals surface area contributed by atoms with E-state index in [0.29, 0.717) is 32.0 Å². The van der Waals surface area contributed by atoms with Crippen molar-refractivity contribution in [1.82, 2.24) is 19.0 Å². The van der Waals surface area contributed by atoms with Crippen molar-refractivity contribution in [2.45, 2.75) is 25.8 Å². The predicted octanol–water partition coefficient (Wildman–Crippen LogP) is 2.22. The fraction of sp³-hybridized carbons (Fsp3) is 0.409. The average molecular weight is 394 g/mol. The Bertz CT molecular complexity index is 1080. The second kappa shape index (κ2) is 8.11. The molecule has 0 N–H and O–H groups in total. The zero-order valence-electron chi connectivity index (χ0n) is 16.9. The van der Waals surface area contributed by atoms with Gasteiger partial charge in [-0.15, -0.1) is 0 Å². The van der Waals surface area contributed by atoms with E-state index in [4.69, 9.17) is 4.74 Å². The maximum atomic E-state index is 12.7. The van der Waals surface area contributed by atoms with Crippen molar-refractivity contribution in [2.24, 2.45) is 13.0 Å². The van der Waals surface area contributed by atoms with Crippen molar-refractivity contribution in [3.8, 4) is 5.75 Å². The first-order valence-electron chi connectivity index (χ1n) is 9.98. The van der Waals surface area contributed by atoms with E-state index in [1.165, 1.54) is 0 Å². The Morgan fingerprint density at radius 2 is 1.93 bits per heavy atom. The Kier molecular flexibility index (Phi) is 5.38. The van der Waals surface area contributed by atoms with Crippen molar-refractivity contribution in [2.75, 3.05) is 20.2 Å². The molecule has 0 aliphatic carbocycles. The van der Waals surface area contributed by atoms with Crippen LogP contribution in [-0.2, 0) is 24.8 Å². The summed E-state index contributed by atoms with van der Waals surface area (Å²) in [5.41, 5.74) is 2.46. The lowest BCUT2D eigenvalue weighted by atomic mass is 9.96. The minimum atomic E-state index is -0.0339. The molecule has 0 bridgehead atoms. The molecule has 2 aromatic heterocycles. The number of carbonyl (C=O) groups is 1. The van der Waals surface area contributed by atoms with Gasteiger partial charge in [0.15, 0.2) is 5.65 Å². The smallest absolute Gasteiger partial charge is 0.330 e. The van der Waals surface area contributed by atoms with Gasteiger partial charge in [-0.1, -0.05) is 18.2 Å². The zero-order chi connectivity index (χ0) is 20.4. The number of nitrogens with zero attached hydrogens (tertiary/aromatic N) is 4. The summed E-state index contributed by atoms with van der Waals surface area (Å²) in [6.45, 7) is 2.07. The van der Waals surface area contributed by atoms with Crippen LogP contribution in [0.3, 0.4) is 0 Å². The normalized spacial score (nSPS) is 15.0. The van der Waals surface area contributed by atoms with Crippen LogP contribution in [0.4, 0.5) is 0 Å². The predicted molar refractivity (Wildman–Crippen MR) is 111 cm³/mol. The van der Waals surface area contributed by atoms with Crippen molar-refractivity contribution < 1.29 is 9.53 Å². The van der Waals surface area contributed by atoms with Gasteiger partial charge in [-0.25, -0.2) is 9.78 Å². The Balaban J connectivity index is 1.40. The molecular weight excluding hydrogens is 368 g/mol. The van der Waals surface area contributed by atoms with E-state index in [9.17, 15) is 9.59 Å². The van der Waals surface area contributed by atoms with Crippen molar-refractivity contribution in [1.29, 1.82) is 0 Å². The van der Waals surface area contributed by atoms with Crippen LogP contribution in [0.1, 0.15) is 18.4 Å². The Hall–Kier alpha value is -3.09. The molecule has 3 aromatic rings. The zero-order valence-corrected chi connectivity index (χ0v) is 16.9. The number of piperidine rings is 1. The van der Waals surface area contributed by atoms with Gasteiger partial charge in [0.05, 0.1) is 19.0 Å². The maximum absolute atomic E-state index is 12.7. The monoisotopic (exact) mass is 394 g/mol. The quantitative estimate of drug-likeness (QED) is 0.665. The summed E-state index contributed by atoms with van der Waals surface area (Å²) in [6.07, 6.45) is 3.83. The summed E-state index contributed by atoms with van der Waals surface area (Å²) < 4.78 is 8.77. The number of imidazole rings is 1. The SMILES string of the molecule is COc1ccccc1CC(=O)N1CCC(Cn2c(=O)n(C)c3cccnc32)CC1. The van der Waals surface area contributed by atoms with E-state index in [2.05, 4.69) is 4.98 Å². The molecule has 1 aliphatic rings. The average Bonchev–Trinajstić information content (AvgIpc) is 3.00. The molecule has 1 saturated heterocycles. The number of aromatic nitrogens is 3. The molecule has 29 heavy (non-hydrogen) atoms. The van der Waals surface area contributed by atoms with Crippen LogP contribution in [0.25, 0.3) is 11.2 Å². The lowest BCUT2D eigenvalue weighted by molar-refractivity contribution is -0.131. The fourth-order valence-electron chi connectivity index (χ4n) is 4.14. The van der Waals surface area contributed by atoms with Crippen LogP contribution in [0.5, 0.6) is 5.75 Å². The van der Waals surface area contributed by atoms with Crippen LogP contribution in [-0.4, -0.2) is 45.1 Å². The summed E-state index contributed by atoms with van der Waals surface area (Å²) in [6, 6.07) is 11.4. The van der Waals surface area contributed by atoms with Gasteiger partial charge in [0, 0.05) is 38.4 Å². The van der Waals surface area contributed by atoms with Crippen molar-refractivity contribution in [3.05, 3.63) is 58.6 Å². The highest BCUT2D eigenvalue weighted by Gasteiger charge is 2.25. The van der Waals surface area contributed by atoms with E-state index < -0.39 is 0 Å². The first kappa shape index (κ1) is 19.2. The van der Waals surface area contributed by atoms with E-state index in [-0.39, 0.29) is 11.6 Å². The molecular formula is C22H26N4O3. The van der Waals surface area contributed by atoms with E-state index in [1.807, 2.05) is 41.3 Å². The van der Waals surface area contributed by atoms with Crippen LogP contribution >= 0.6 is 0 Å². The third kappa shape index (κ3) is 3.77. The van der Waals surface area contributed by atoms with Crippen LogP contribution in [0.2, 0.25) is 0 Å². The van der Waals surface area contributed by atoms with Gasteiger partial charge in [0.1, 0.15) is 5.75 Å². The van der Waals surface area contributed by atoms with E-state index >= 15 is 0 Å².